The molecule has 0 radical (unpaired) electrons. The molecule has 1 unspecified atom stereocenters. The second-order valence-corrected chi connectivity index (χ2v) is 6.80. The largest absolute Gasteiger partial charge is 0.349 e. The maximum Gasteiger partial charge on any atom is 0.227 e. The second-order valence-electron chi connectivity index (χ2n) is 6.80. The zero-order valence-electron chi connectivity index (χ0n) is 15.1. The standard InChI is InChI=1S/C18H25FN4O2/c1-11(2)18(4,10-20)22-15(24)7-8-16-21-17(23-25-16)13-6-5-12(3)14(19)9-13/h5-6,9,11H,7-8,10,20H2,1-4H3,(H,22,24). The van der Waals surface area contributed by atoms with Gasteiger partial charge in [0.2, 0.25) is 17.6 Å². The maximum atomic E-state index is 13.6. The van der Waals surface area contributed by atoms with Gasteiger partial charge in [0, 0.05) is 24.9 Å². The van der Waals surface area contributed by atoms with Gasteiger partial charge in [-0.3, -0.25) is 4.79 Å². The van der Waals surface area contributed by atoms with E-state index in [0.717, 1.165) is 0 Å². The fraction of sp³-hybridized carbons (Fsp3) is 0.500. The van der Waals surface area contributed by atoms with E-state index in [0.29, 0.717) is 35.8 Å². The minimum Gasteiger partial charge on any atom is -0.349 e. The lowest BCUT2D eigenvalue weighted by Gasteiger charge is -2.33. The number of halogens is 1. The Hall–Kier alpha value is -2.28. The number of benzene rings is 1. The number of nitrogens with one attached hydrogen (secondary N) is 1. The Morgan fingerprint density at radius 3 is 2.76 bits per heavy atom. The van der Waals surface area contributed by atoms with Gasteiger partial charge < -0.3 is 15.6 Å². The van der Waals surface area contributed by atoms with Crippen molar-refractivity contribution in [2.75, 3.05) is 6.54 Å². The van der Waals surface area contributed by atoms with Crippen molar-refractivity contribution in [2.45, 2.75) is 46.1 Å². The van der Waals surface area contributed by atoms with Crippen molar-refractivity contribution in [1.29, 1.82) is 0 Å². The molecular weight excluding hydrogens is 323 g/mol. The van der Waals surface area contributed by atoms with E-state index in [1.807, 2.05) is 20.8 Å². The minimum atomic E-state index is -0.448. The number of carbonyl (C=O) groups is 1. The van der Waals surface area contributed by atoms with Gasteiger partial charge in [0.05, 0.1) is 5.54 Å². The van der Waals surface area contributed by atoms with E-state index in [9.17, 15) is 9.18 Å². The normalized spacial score (nSPS) is 13.7. The lowest BCUT2D eigenvalue weighted by Crippen LogP contribution is -2.55. The molecule has 0 aliphatic heterocycles. The van der Waals surface area contributed by atoms with Gasteiger partial charge in [0.1, 0.15) is 5.82 Å². The third-order valence-electron chi connectivity index (χ3n) is 4.59. The first-order chi connectivity index (χ1) is 11.7. The van der Waals surface area contributed by atoms with Crippen LogP contribution < -0.4 is 11.1 Å². The highest BCUT2D eigenvalue weighted by Crippen LogP contribution is 2.19. The first-order valence-corrected chi connectivity index (χ1v) is 8.35. The first-order valence-electron chi connectivity index (χ1n) is 8.35. The number of aryl methyl sites for hydroxylation is 2. The van der Waals surface area contributed by atoms with Gasteiger partial charge in [0.25, 0.3) is 0 Å². The van der Waals surface area contributed by atoms with Gasteiger partial charge in [0.15, 0.2) is 0 Å². The van der Waals surface area contributed by atoms with Crippen molar-refractivity contribution in [2.24, 2.45) is 11.7 Å². The van der Waals surface area contributed by atoms with Crippen molar-refractivity contribution in [3.05, 3.63) is 35.5 Å². The van der Waals surface area contributed by atoms with Crippen LogP contribution in [-0.4, -0.2) is 28.1 Å². The van der Waals surface area contributed by atoms with E-state index in [1.54, 1.807) is 19.1 Å². The summed E-state index contributed by atoms with van der Waals surface area (Å²) in [4.78, 5) is 16.4. The summed E-state index contributed by atoms with van der Waals surface area (Å²) in [7, 11) is 0. The first kappa shape index (κ1) is 19.1. The Morgan fingerprint density at radius 1 is 1.44 bits per heavy atom. The SMILES string of the molecule is Cc1ccc(-c2noc(CCC(=O)NC(C)(CN)C(C)C)n2)cc1F. The molecule has 25 heavy (non-hydrogen) atoms. The summed E-state index contributed by atoms with van der Waals surface area (Å²) < 4.78 is 18.8. The molecule has 2 rings (SSSR count). The summed E-state index contributed by atoms with van der Waals surface area (Å²) in [6.07, 6.45) is 0.526. The molecular formula is C18H25FN4O2. The van der Waals surface area contributed by atoms with E-state index >= 15 is 0 Å². The Labute approximate surface area is 147 Å². The molecule has 7 heteroatoms. The number of hydrogen-bond donors (Lipinski definition) is 2. The van der Waals surface area contributed by atoms with E-state index < -0.39 is 5.54 Å². The van der Waals surface area contributed by atoms with Crippen LogP contribution in [0.1, 0.15) is 38.6 Å². The average Bonchev–Trinajstić information content (AvgIpc) is 3.04. The van der Waals surface area contributed by atoms with E-state index in [1.165, 1.54) is 6.07 Å². The van der Waals surface area contributed by atoms with Crippen molar-refractivity contribution in [1.82, 2.24) is 15.5 Å². The summed E-state index contributed by atoms with van der Waals surface area (Å²) in [5.41, 5.74) is 6.41. The quantitative estimate of drug-likeness (QED) is 0.802. The summed E-state index contributed by atoms with van der Waals surface area (Å²) >= 11 is 0. The number of nitrogens with two attached hydrogens (primary N) is 1. The molecule has 136 valence electrons. The van der Waals surface area contributed by atoms with Crippen LogP contribution in [0, 0.1) is 18.7 Å². The smallest absolute Gasteiger partial charge is 0.227 e. The van der Waals surface area contributed by atoms with Gasteiger partial charge in [-0.05, 0) is 31.4 Å². The Kier molecular flexibility index (Phi) is 5.89. The molecule has 0 aliphatic rings. The third-order valence-corrected chi connectivity index (χ3v) is 4.59. The molecule has 1 atom stereocenters. The van der Waals surface area contributed by atoms with E-state index in [2.05, 4.69) is 15.5 Å². The summed E-state index contributed by atoms with van der Waals surface area (Å²) in [5, 5.41) is 6.81. The van der Waals surface area contributed by atoms with Gasteiger partial charge in [-0.1, -0.05) is 31.1 Å². The molecule has 1 heterocycles. The van der Waals surface area contributed by atoms with Crippen LogP contribution in [0.2, 0.25) is 0 Å². The molecule has 2 aromatic rings. The molecule has 0 bridgehead atoms. The fourth-order valence-corrected chi connectivity index (χ4v) is 2.24. The van der Waals surface area contributed by atoms with Crippen molar-refractivity contribution in [3.8, 4) is 11.4 Å². The number of nitrogens with zero attached hydrogens (tertiary/aromatic N) is 2. The number of hydrogen-bond acceptors (Lipinski definition) is 5. The maximum absolute atomic E-state index is 13.6. The Bertz CT molecular complexity index is 744. The number of aromatic nitrogens is 2. The number of carbonyl (C=O) groups excluding carboxylic acids is 1. The van der Waals surface area contributed by atoms with Crippen LogP contribution >= 0.6 is 0 Å². The van der Waals surface area contributed by atoms with Gasteiger partial charge in [-0.15, -0.1) is 0 Å². The topological polar surface area (TPSA) is 94.0 Å². The predicted molar refractivity (Wildman–Crippen MR) is 93.2 cm³/mol. The molecule has 1 aromatic heterocycles. The third kappa shape index (κ3) is 4.63. The summed E-state index contributed by atoms with van der Waals surface area (Å²) in [5.74, 6) is 0.419. The van der Waals surface area contributed by atoms with E-state index in [4.69, 9.17) is 10.3 Å². The monoisotopic (exact) mass is 348 g/mol. The van der Waals surface area contributed by atoms with Crippen LogP contribution in [-0.2, 0) is 11.2 Å². The predicted octanol–water partition coefficient (Wildman–Crippen LogP) is 2.61. The molecule has 0 fully saturated rings. The molecule has 0 saturated heterocycles. The molecule has 1 aromatic carbocycles. The van der Waals surface area contributed by atoms with Crippen LogP contribution in [0.4, 0.5) is 4.39 Å². The van der Waals surface area contributed by atoms with Crippen molar-refractivity contribution in [3.63, 3.8) is 0 Å². The lowest BCUT2D eigenvalue weighted by molar-refractivity contribution is -0.123. The van der Waals surface area contributed by atoms with Crippen molar-refractivity contribution < 1.29 is 13.7 Å². The zero-order valence-corrected chi connectivity index (χ0v) is 15.1. The van der Waals surface area contributed by atoms with Gasteiger partial charge in [-0.2, -0.15) is 4.98 Å². The highest BCUT2D eigenvalue weighted by Gasteiger charge is 2.28. The Balaban J connectivity index is 1.97. The molecule has 1 amide bonds. The van der Waals surface area contributed by atoms with Gasteiger partial charge >= 0.3 is 0 Å². The minimum absolute atomic E-state index is 0.122. The molecule has 0 saturated carbocycles. The summed E-state index contributed by atoms with van der Waals surface area (Å²) in [6.45, 7) is 7.99. The fourth-order valence-electron chi connectivity index (χ4n) is 2.24. The second kappa shape index (κ2) is 7.74. The van der Waals surface area contributed by atoms with E-state index in [-0.39, 0.29) is 24.1 Å². The number of rotatable bonds is 7. The lowest BCUT2D eigenvalue weighted by atomic mass is 9.88. The van der Waals surface area contributed by atoms with Crippen LogP contribution in [0.5, 0.6) is 0 Å². The molecule has 0 spiro atoms. The average molecular weight is 348 g/mol. The van der Waals surface area contributed by atoms with Crippen LogP contribution in [0.25, 0.3) is 11.4 Å². The highest BCUT2D eigenvalue weighted by molar-refractivity contribution is 5.77. The highest BCUT2D eigenvalue weighted by atomic mass is 19.1. The molecule has 3 N–H and O–H groups in total. The molecule has 6 nitrogen and oxygen atoms in total. The molecule has 0 aliphatic carbocycles. The van der Waals surface area contributed by atoms with Crippen LogP contribution in [0.3, 0.4) is 0 Å². The Morgan fingerprint density at radius 2 is 2.16 bits per heavy atom. The van der Waals surface area contributed by atoms with Crippen molar-refractivity contribution >= 4 is 5.91 Å². The number of amides is 1. The zero-order chi connectivity index (χ0) is 18.6. The van der Waals surface area contributed by atoms with Gasteiger partial charge in [-0.25, -0.2) is 4.39 Å². The summed E-state index contributed by atoms with van der Waals surface area (Å²) in [6, 6.07) is 4.76. The van der Waals surface area contributed by atoms with Crippen LogP contribution in [0.15, 0.2) is 22.7 Å².